The van der Waals surface area contributed by atoms with Gasteiger partial charge in [0.15, 0.2) is 0 Å². The highest BCUT2D eigenvalue weighted by Crippen LogP contribution is 2.30. The Labute approximate surface area is 123 Å². The number of carbonyl (C=O) groups is 1. The standard InChI is InChI=1S/C15H20N2O2S/c18-15(14-6-3-11-20-14)16-12-4-1-2-5-13(12)17-7-9-19-10-8-17/h1-2,4-5,14H,3,6-11H2,(H,16,18). The minimum atomic E-state index is 0.118. The summed E-state index contributed by atoms with van der Waals surface area (Å²) in [6.07, 6.45) is 2.14. The van der Waals surface area contributed by atoms with Gasteiger partial charge in [-0.3, -0.25) is 4.79 Å². The van der Waals surface area contributed by atoms with Gasteiger partial charge in [0, 0.05) is 13.1 Å². The predicted octanol–water partition coefficient (Wildman–Crippen LogP) is 2.36. The van der Waals surface area contributed by atoms with Crippen molar-refractivity contribution in [3.63, 3.8) is 0 Å². The molecule has 1 aromatic rings. The number of carbonyl (C=O) groups excluding carboxylic acids is 1. The molecule has 1 aromatic carbocycles. The minimum Gasteiger partial charge on any atom is -0.378 e. The van der Waals surface area contributed by atoms with Gasteiger partial charge in [0.1, 0.15) is 0 Å². The molecule has 2 aliphatic heterocycles. The third kappa shape index (κ3) is 3.10. The fraction of sp³-hybridized carbons (Fsp3) is 0.533. The summed E-state index contributed by atoms with van der Waals surface area (Å²) in [5.41, 5.74) is 2.03. The summed E-state index contributed by atoms with van der Waals surface area (Å²) in [7, 11) is 0. The monoisotopic (exact) mass is 292 g/mol. The first-order valence-corrected chi connectivity index (χ1v) is 8.23. The lowest BCUT2D eigenvalue weighted by molar-refractivity contribution is -0.115. The Bertz CT molecular complexity index is 469. The minimum absolute atomic E-state index is 0.118. The Morgan fingerprint density at radius 1 is 1.30 bits per heavy atom. The molecule has 0 aromatic heterocycles. The van der Waals surface area contributed by atoms with Crippen molar-refractivity contribution in [3.8, 4) is 0 Å². The van der Waals surface area contributed by atoms with Gasteiger partial charge in [0.25, 0.3) is 0 Å². The molecule has 2 aliphatic rings. The third-order valence-corrected chi connectivity index (χ3v) is 5.11. The number of rotatable bonds is 3. The zero-order valence-electron chi connectivity index (χ0n) is 11.5. The average Bonchev–Trinajstić information content (AvgIpc) is 3.03. The first-order valence-electron chi connectivity index (χ1n) is 7.19. The number of amides is 1. The summed E-state index contributed by atoms with van der Waals surface area (Å²) in [6.45, 7) is 3.26. The van der Waals surface area contributed by atoms with Crippen LogP contribution in [-0.2, 0) is 9.53 Å². The first-order chi connectivity index (χ1) is 9.84. The molecule has 5 heteroatoms. The number of anilines is 2. The Balaban J connectivity index is 1.73. The van der Waals surface area contributed by atoms with Gasteiger partial charge < -0.3 is 15.0 Å². The molecule has 2 fully saturated rings. The summed E-state index contributed by atoms with van der Waals surface area (Å²) in [4.78, 5) is 14.6. The van der Waals surface area contributed by atoms with Crippen LogP contribution in [0.5, 0.6) is 0 Å². The third-order valence-electron chi connectivity index (χ3n) is 3.74. The molecule has 0 saturated carbocycles. The molecule has 108 valence electrons. The topological polar surface area (TPSA) is 41.6 Å². The fourth-order valence-corrected chi connectivity index (χ4v) is 3.82. The second kappa shape index (κ2) is 6.50. The van der Waals surface area contributed by atoms with Gasteiger partial charge in [-0.05, 0) is 30.7 Å². The first kappa shape index (κ1) is 13.8. The number of benzene rings is 1. The molecule has 0 radical (unpaired) electrons. The zero-order valence-corrected chi connectivity index (χ0v) is 12.3. The molecule has 0 aliphatic carbocycles. The maximum atomic E-state index is 12.3. The Morgan fingerprint density at radius 3 is 2.85 bits per heavy atom. The van der Waals surface area contributed by atoms with E-state index in [-0.39, 0.29) is 11.2 Å². The molecule has 1 amide bonds. The molecular weight excluding hydrogens is 272 g/mol. The van der Waals surface area contributed by atoms with Crippen molar-refractivity contribution in [1.29, 1.82) is 0 Å². The van der Waals surface area contributed by atoms with Crippen molar-refractivity contribution in [2.45, 2.75) is 18.1 Å². The number of nitrogens with one attached hydrogen (secondary N) is 1. The maximum Gasteiger partial charge on any atom is 0.237 e. The average molecular weight is 292 g/mol. The van der Waals surface area contributed by atoms with E-state index >= 15 is 0 Å². The van der Waals surface area contributed by atoms with Crippen LogP contribution in [0.25, 0.3) is 0 Å². The smallest absolute Gasteiger partial charge is 0.237 e. The lowest BCUT2D eigenvalue weighted by atomic mass is 10.2. The van der Waals surface area contributed by atoms with Crippen molar-refractivity contribution >= 4 is 29.0 Å². The maximum absolute atomic E-state index is 12.3. The highest BCUT2D eigenvalue weighted by atomic mass is 32.2. The van der Waals surface area contributed by atoms with Crippen LogP contribution in [0.4, 0.5) is 11.4 Å². The van der Waals surface area contributed by atoms with E-state index in [0.29, 0.717) is 0 Å². The van der Waals surface area contributed by atoms with E-state index in [2.05, 4.69) is 16.3 Å². The summed E-state index contributed by atoms with van der Waals surface area (Å²) < 4.78 is 5.39. The predicted molar refractivity (Wildman–Crippen MR) is 83.6 cm³/mol. The van der Waals surface area contributed by atoms with Gasteiger partial charge >= 0.3 is 0 Å². The molecule has 2 heterocycles. The summed E-state index contributed by atoms with van der Waals surface area (Å²) >= 11 is 1.77. The molecule has 1 atom stereocenters. The van der Waals surface area contributed by atoms with E-state index in [4.69, 9.17) is 4.74 Å². The van der Waals surface area contributed by atoms with Gasteiger partial charge in [0.05, 0.1) is 29.8 Å². The number of nitrogens with zero attached hydrogens (tertiary/aromatic N) is 1. The van der Waals surface area contributed by atoms with Crippen molar-refractivity contribution < 1.29 is 9.53 Å². The van der Waals surface area contributed by atoms with Crippen molar-refractivity contribution in [1.82, 2.24) is 0 Å². The van der Waals surface area contributed by atoms with Gasteiger partial charge in [-0.2, -0.15) is 0 Å². The second-order valence-electron chi connectivity index (χ2n) is 5.11. The number of thioether (sulfide) groups is 1. The molecule has 20 heavy (non-hydrogen) atoms. The summed E-state index contributed by atoms with van der Waals surface area (Å²) in [5.74, 6) is 1.25. The molecule has 3 rings (SSSR count). The normalized spacial score (nSPS) is 22.8. The quantitative estimate of drug-likeness (QED) is 0.928. The number of morpholine rings is 1. The van der Waals surface area contributed by atoms with Crippen LogP contribution >= 0.6 is 11.8 Å². The summed E-state index contributed by atoms with van der Waals surface area (Å²) in [5, 5.41) is 3.23. The Morgan fingerprint density at radius 2 is 2.10 bits per heavy atom. The van der Waals surface area contributed by atoms with Crippen LogP contribution in [0.1, 0.15) is 12.8 Å². The largest absolute Gasteiger partial charge is 0.378 e. The van der Waals surface area contributed by atoms with Crippen molar-refractivity contribution in [2.75, 3.05) is 42.3 Å². The van der Waals surface area contributed by atoms with Crippen LogP contribution in [-0.4, -0.2) is 43.2 Å². The van der Waals surface area contributed by atoms with E-state index in [1.165, 1.54) is 0 Å². The molecule has 2 saturated heterocycles. The van der Waals surface area contributed by atoms with E-state index in [1.807, 2.05) is 18.2 Å². The lowest BCUT2D eigenvalue weighted by Gasteiger charge is -2.30. The molecule has 0 bridgehead atoms. The number of ether oxygens (including phenoxy) is 1. The SMILES string of the molecule is O=C(Nc1ccccc1N1CCOCC1)C1CCCS1. The Hall–Kier alpha value is -1.20. The van der Waals surface area contributed by atoms with Gasteiger partial charge in [-0.15, -0.1) is 11.8 Å². The van der Waals surface area contributed by atoms with E-state index in [0.717, 1.165) is 56.3 Å². The van der Waals surface area contributed by atoms with Crippen molar-refractivity contribution in [2.24, 2.45) is 0 Å². The van der Waals surface area contributed by atoms with Crippen LogP contribution in [0, 0.1) is 0 Å². The fourth-order valence-electron chi connectivity index (χ4n) is 2.66. The van der Waals surface area contributed by atoms with Crippen LogP contribution in [0.15, 0.2) is 24.3 Å². The van der Waals surface area contributed by atoms with Crippen LogP contribution < -0.4 is 10.2 Å². The van der Waals surface area contributed by atoms with E-state index < -0.39 is 0 Å². The highest BCUT2D eigenvalue weighted by molar-refractivity contribution is 8.00. The van der Waals surface area contributed by atoms with Gasteiger partial charge in [-0.1, -0.05) is 12.1 Å². The number of para-hydroxylation sites is 2. The molecule has 1 N–H and O–H groups in total. The number of hydrogen-bond donors (Lipinski definition) is 1. The summed E-state index contributed by atoms with van der Waals surface area (Å²) in [6, 6.07) is 8.05. The lowest BCUT2D eigenvalue weighted by Crippen LogP contribution is -2.37. The molecule has 0 spiro atoms. The van der Waals surface area contributed by atoms with Gasteiger partial charge in [-0.25, -0.2) is 0 Å². The van der Waals surface area contributed by atoms with Crippen LogP contribution in [0.3, 0.4) is 0 Å². The van der Waals surface area contributed by atoms with E-state index in [1.54, 1.807) is 11.8 Å². The highest BCUT2D eigenvalue weighted by Gasteiger charge is 2.24. The molecular formula is C15H20N2O2S. The molecule has 4 nitrogen and oxygen atoms in total. The zero-order chi connectivity index (χ0) is 13.8. The number of hydrogen-bond acceptors (Lipinski definition) is 4. The molecule has 1 unspecified atom stereocenters. The van der Waals surface area contributed by atoms with Gasteiger partial charge in [0.2, 0.25) is 5.91 Å². The van der Waals surface area contributed by atoms with Crippen LogP contribution in [0.2, 0.25) is 0 Å². The van der Waals surface area contributed by atoms with E-state index in [9.17, 15) is 4.79 Å². The van der Waals surface area contributed by atoms with Crippen molar-refractivity contribution in [3.05, 3.63) is 24.3 Å². The second-order valence-corrected chi connectivity index (χ2v) is 6.42. The Kier molecular flexibility index (Phi) is 4.47.